The lowest BCUT2D eigenvalue weighted by Crippen LogP contribution is -2.51. The van der Waals surface area contributed by atoms with Crippen molar-refractivity contribution in [3.05, 3.63) is 24.2 Å². The number of carbonyl (C=O) groups is 1. The number of nitrogens with zero attached hydrogens (tertiary/aromatic N) is 1. The molecule has 2 amide bonds. The molecular weight excluding hydrogens is 320 g/mol. The van der Waals surface area contributed by atoms with E-state index in [9.17, 15) is 9.90 Å². The summed E-state index contributed by atoms with van der Waals surface area (Å²) >= 11 is 0. The summed E-state index contributed by atoms with van der Waals surface area (Å²) in [5, 5.41) is 13.6. The first-order valence-electron chi connectivity index (χ1n) is 9.62. The zero-order valence-corrected chi connectivity index (χ0v) is 14.6. The lowest BCUT2D eigenvalue weighted by Gasteiger charge is -2.35. The highest BCUT2D eigenvalue weighted by atomic mass is 16.5. The Morgan fingerprint density at radius 2 is 2.24 bits per heavy atom. The summed E-state index contributed by atoms with van der Waals surface area (Å²) in [7, 11) is 0. The average Bonchev–Trinajstić information content (AvgIpc) is 3.36. The number of urea groups is 1. The lowest BCUT2D eigenvalue weighted by atomic mass is 9.82. The summed E-state index contributed by atoms with van der Waals surface area (Å²) in [6.07, 6.45) is 8.03. The average molecular weight is 348 g/mol. The van der Waals surface area contributed by atoms with Crippen molar-refractivity contribution < 1.29 is 19.1 Å². The number of aliphatic hydroxyl groups excluding tert-OH is 1. The van der Waals surface area contributed by atoms with Gasteiger partial charge in [-0.3, -0.25) is 0 Å². The second-order valence-electron chi connectivity index (χ2n) is 7.61. The van der Waals surface area contributed by atoms with Crippen LogP contribution >= 0.6 is 0 Å². The van der Waals surface area contributed by atoms with E-state index in [0.717, 1.165) is 51.7 Å². The van der Waals surface area contributed by atoms with Crippen molar-refractivity contribution in [1.29, 1.82) is 0 Å². The molecule has 25 heavy (non-hydrogen) atoms. The molecule has 1 aromatic heterocycles. The molecule has 1 aliphatic carbocycles. The van der Waals surface area contributed by atoms with Crippen molar-refractivity contribution in [3.8, 4) is 0 Å². The smallest absolute Gasteiger partial charge is 0.317 e. The Hall–Kier alpha value is -1.53. The van der Waals surface area contributed by atoms with Crippen LogP contribution < -0.4 is 5.32 Å². The molecule has 2 aliphatic heterocycles. The Kier molecular flexibility index (Phi) is 4.99. The van der Waals surface area contributed by atoms with Crippen LogP contribution in [-0.2, 0) is 4.74 Å². The number of likely N-dealkylation sites (tertiary alicyclic amines) is 1. The molecule has 2 saturated heterocycles. The number of ether oxygens (including phenoxy) is 1. The van der Waals surface area contributed by atoms with Crippen molar-refractivity contribution >= 4 is 6.03 Å². The monoisotopic (exact) mass is 348 g/mol. The van der Waals surface area contributed by atoms with Crippen LogP contribution in [0.5, 0.6) is 0 Å². The minimum Gasteiger partial charge on any atom is -0.467 e. The maximum atomic E-state index is 12.8. The standard InChI is InChI=1S/C19H28N2O4/c22-16(18-7-3-10-24-18)12-13-4-2-9-21(13)19(23)20-15-5-1-6-17-14(15)8-11-25-17/h3,7,10,13-17,22H,1-2,4-6,8-9,11-12H2,(H,20,23)/t13-,14-,15-,16-,17+/m1/s1. The number of hydrogen-bond donors (Lipinski definition) is 2. The number of hydrogen-bond acceptors (Lipinski definition) is 4. The van der Waals surface area contributed by atoms with E-state index in [-0.39, 0.29) is 18.1 Å². The van der Waals surface area contributed by atoms with Gasteiger partial charge >= 0.3 is 6.03 Å². The first-order chi connectivity index (χ1) is 12.2. The Labute approximate surface area is 148 Å². The minimum absolute atomic E-state index is 0.0201. The van der Waals surface area contributed by atoms with Gasteiger partial charge in [0, 0.05) is 37.6 Å². The van der Waals surface area contributed by atoms with Crippen molar-refractivity contribution in [2.75, 3.05) is 13.2 Å². The number of nitrogens with one attached hydrogen (secondary N) is 1. The quantitative estimate of drug-likeness (QED) is 0.877. The van der Waals surface area contributed by atoms with Gasteiger partial charge in [0.25, 0.3) is 0 Å². The molecule has 138 valence electrons. The van der Waals surface area contributed by atoms with Crippen LogP contribution in [0.1, 0.15) is 56.8 Å². The van der Waals surface area contributed by atoms with Crippen molar-refractivity contribution in [3.63, 3.8) is 0 Å². The number of furan rings is 1. The van der Waals surface area contributed by atoms with Crippen LogP contribution in [0.2, 0.25) is 0 Å². The minimum atomic E-state index is -0.657. The molecule has 2 N–H and O–H groups in total. The highest BCUT2D eigenvalue weighted by molar-refractivity contribution is 5.75. The summed E-state index contributed by atoms with van der Waals surface area (Å²) in [5.74, 6) is 1.04. The third-order valence-electron chi connectivity index (χ3n) is 6.10. The summed E-state index contributed by atoms with van der Waals surface area (Å²) in [5.41, 5.74) is 0. The van der Waals surface area contributed by atoms with Gasteiger partial charge in [-0.2, -0.15) is 0 Å². The highest BCUT2D eigenvalue weighted by Crippen LogP contribution is 2.35. The van der Waals surface area contributed by atoms with Gasteiger partial charge in [0.1, 0.15) is 11.9 Å². The Balaban J connectivity index is 1.35. The van der Waals surface area contributed by atoms with Gasteiger partial charge in [0.05, 0.1) is 12.4 Å². The Bertz CT molecular complexity index is 576. The summed E-state index contributed by atoms with van der Waals surface area (Å²) in [4.78, 5) is 14.8. The number of carbonyl (C=O) groups excluding carboxylic acids is 1. The summed E-state index contributed by atoms with van der Waals surface area (Å²) in [6.45, 7) is 1.59. The fourth-order valence-electron chi connectivity index (χ4n) is 4.80. The fraction of sp³-hybridized carbons (Fsp3) is 0.737. The van der Waals surface area contributed by atoms with Crippen LogP contribution in [-0.4, -0.2) is 47.4 Å². The van der Waals surface area contributed by atoms with Crippen LogP contribution in [0.25, 0.3) is 0 Å². The second kappa shape index (κ2) is 7.38. The molecule has 0 unspecified atom stereocenters. The molecule has 6 heteroatoms. The molecule has 4 rings (SSSR count). The van der Waals surface area contributed by atoms with Crippen molar-refractivity contribution in [2.24, 2.45) is 5.92 Å². The van der Waals surface area contributed by atoms with Crippen molar-refractivity contribution in [2.45, 2.75) is 69.2 Å². The van der Waals surface area contributed by atoms with E-state index in [2.05, 4.69) is 5.32 Å². The van der Waals surface area contributed by atoms with E-state index in [1.807, 2.05) is 4.90 Å². The maximum absolute atomic E-state index is 12.8. The molecule has 5 atom stereocenters. The molecule has 3 fully saturated rings. The van der Waals surface area contributed by atoms with Gasteiger partial charge in [-0.15, -0.1) is 0 Å². The predicted molar refractivity (Wildman–Crippen MR) is 92.0 cm³/mol. The summed E-state index contributed by atoms with van der Waals surface area (Å²) < 4.78 is 11.1. The number of rotatable bonds is 4. The maximum Gasteiger partial charge on any atom is 0.317 e. The van der Waals surface area contributed by atoms with Crippen LogP contribution in [0, 0.1) is 5.92 Å². The van der Waals surface area contributed by atoms with E-state index in [1.54, 1.807) is 18.4 Å². The van der Waals surface area contributed by atoms with E-state index >= 15 is 0 Å². The molecule has 0 aromatic carbocycles. The first kappa shape index (κ1) is 16.9. The summed E-state index contributed by atoms with van der Waals surface area (Å²) in [6, 6.07) is 3.88. The molecule has 1 aromatic rings. The molecule has 3 heterocycles. The Morgan fingerprint density at radius 3 is 3.08 bits per heavy atom. The van der Waals surface area contributed by atoms with Gasteiger partial charge in [-0.1, -0.05) is 0 Å². The number of aliphatic hydroxyl groups is 1. The number of amides is 2. The molecule has 6 nitrogen and oxygen atoms in total. The normalized spacial score (nSPS) is 33.2. The van der Waals surface area contributed by atoms with E-state index in [0.29, 0.717) is 24.2 Å². The van der Waals surface area contributed by atoms with Gasteiger partial charge in [-0.05, 0) is 50.7 Å². The molecule has 3 aliphatic rings. The Morgan fingerprint density at radius 1 is 1.32 bits per heavy atom. The van der Waals surface area contributed by atoms with Crippen LogP contribution in [0.3, 0.4) is 0 Å². The largest absolute Gasteiger partial charge is 0.467 e. The molecule has 0 bridgehead atoms. The molecule has 1 saturated carbocycles. The SMILES string of the molecule is O=C(N[C@@H]1CCC[C@@H]2OCC[C@@H]21)N1CCC[C@@H]1C[C@@H](O)c1ccco1. The second-order valence-corrected chi connectivity index (χ2v) is 7.61. The molecular formula is C19H28N2O4. The van der Waals surface area contributed by atoms with Gasteiger partial charge in [0.2, 0.25) is 0 Å². The predicted octanol–water partition coefficient (Wildman–Crippen LogP) is 2.83. The zero-order chi connectivity index (χ0) is 17.2. The first-order valence-corrected chi connectivity index (χ1v) is 9.62. The van der Waals surface area contributed by atoms with E-state index in [4.69, 9.17) is 9.15 Å². The van der Waals surface area contributed by atoms with E-state index < -0.39 is 6.10 Å². The van der Waals surface area contributed by atoms with Gasteiger partial charge in [0.15, 0.2) is 0 Å². The highest BCUT2D eigenvalue weighted by Gasteiger charge is 2.40. The zero-order valence-electron chi connectivity index (χ0n) is 14.6. The number of fused-ring (bicyclic) bond motifs is 1. The molecule has 0 spiro atoms. The van der Waals surface area contributed by atoms with Crippen LogP contribution in [0.4, 0.5) is 4.79 Å². The fourth-order valence-corrected chi connectivity index (χ4v) is 4.80. The third-order valence-corrected chi connectivity index (χ3v) is 6.10. The van der Waals surface area contributed by atoms with Crippen molar-refractivity contribution in [1.82, 2.24) is 10.2 Å². The molecule has 0 radical (unpaired) electrons. The van der Waals surface area contributed by atoms with Crippen LogP contribution in [0.15, 0.2) is 22.8 Å². The van der Waals surface area contributed by atoms with Gasteiger partial charge in [-0.25, -0.2) is 4.79 Å². The lowest BCUT2D eigenvalue weighted by molar-refractivity contribution is 0.0531. The topological polar surface area (TPSA) is 74.9 Å². The third kappa shape index (κ3) is 3.55. The van der Waals surface area contributed by atoms with E-state index in [1.165, 1.54) is 0 Å². The van der Waals surface area contributed by atoms with Gasteiger partial charge < -0.3 is 24.5 Å².